The lowest BCUT2D eigenvalue weighted by Crippen LogP contribution is -2.50. The lowest BCUT2D eigenvalue weighted by molar-refractivity contribution is -0.704. The zero-order valence-electron chi connectivity index (χ0n) is 14.1. The number of hydrogen-bond donors (Lipinski definition) is 1. The molecule has 10 heteroatoms. The van der Waals surface area contributed by atoms with Crippen molar-refractivity contribution in [3.63, 3.8) is 0 Å². The number of pyridine rings is 1. The molecule has 0 saturated carbocycles. The highest BCUT2D eigenvalue weighted by Gasteiger charge is 2.58. The fraction of sp³-hybridized carbons (Fsp3) is 0.667. The Morgan fingerprint density at radius 1 is 1.20 bits per heavy atom. The van der Waals surface area contributed by atoms with Crippen LogP contribution in [0.3, 0.4) is 0 Å². The summed E-state index contributed by atoms with van der Waals surface area (Å²) >= 11 is 0. The fourth-order valence-electron chi connectivity index (χ4n) is 3.19. The van der Waals surface area contributed by atoms with Gasteiger partial charge in [0.25, 0.3) is 0 Å². The van der Waals surface area contributed by atoms with Gasteiger partial charge in [-0.3, -0.25) is 4.55 Å². The van der Waals surface area contributed by atoms with Crippen LogP contribution in [0.4, 0.5) is 0 Å². The Morgan fingerprint density at radius 3 is 2.44 bits per heavy atom. The van der Waals surface area contributed by atoms with Crippen LogP contribution in [0.25, 0.3) is 0 Å². The van der Waals surface area contributed by atoms with E-state index in [-0.39, 0.29) is 6.54 Å². The molecule has 2 aliphatic rings. The van der Waals surface area contributed by atoms with Gasteiger partial charge in [0.15, 0.2) is 37.1 Å². The lowest BCUT2D eigenvalue weighted by atomic mass is 10.1. The van der Waals surface area contributed by atoms with Crippen molar-refractivity contribution in [2.45, 2.75) is 56.9 Å². The maximum absolute atomic E-state index is 11.3. The number of aromatic nitrogens is 1. The molecule has 1 aromatic rings. The standard InChI is InChI=1S/C15H21NO8S/c1-15(2)22-12-11(21-14(20-3)13(12)23-15)10(24-25(17,18)19)9-16-7-5-4-6-8-16/h4-8,10-14H,9H2,1-3H3/p+1/t10-,11-,12+,13+,14+/m1/s1. The predicted octanol–water partition coefficient (Wildman–Crippen LogP) is 0.0535. The quantitative estimate of drug-likeness (QED) is 0.549. The Labute approximate surface area is 146 Å². The van der Waals surface area contributed by atoms with Crippen molar-refractivity contribution >= 4 is 10.4 Å². The number of rotatable bonds is 6. The van der Waals surface area contributed by atoms with E-state index >= 15 is 0 Å². The monoisotopic (exact) mass is 376 g/mol. The van der Waals surface area contributed by atoms with E-state index < -0.39 is 46.9 Å². The molecule has 0 amide bonds. The molecule has 0 bridgehead atoms. The Bertz CT molecular complexity index is 695. The number of ether oxygens (including phenoxy) is 4. The molecule has 1 aromatic heterocycles. The van der Waals surface area contributed by atoms with E-state index in [1.165, 1.54) is 7.11 Å². The normalized spacial score (nSPS) is 32.5. The molecule has 3 heterocycles. The summed E-state index contributed by atoms with van der Waals surface area (Å²) in [6.45, 7) is 3.62. The molecule has 2 aliphatic heterocycles. The van der Waals surface area contributed by atoms with Crippen molar-refractivity contribution in [1.29, 1.82) is 0 Å². The summed E-state index contributed by atoms with van der Waals surface area (Å²) in [4.78, 5) is 0. The molecule has 0 aliphatic carbocycles. The van der Waals surface area contributed by atoms with Crippen molar-refractivity contribution in [2.75, 3.05) is 7.11 Å². The van der Waals surface area contributed by atoms with E-state index in [2.05, 4.69) is 0 Å². The second-order valence-corrected chi connectivity index (χ2v) is 7.45. The van der Waals surface area contributed by atoms with Crippen molar-refractivity contribution < 1.29 is 40.7 Å². The van der Waals surface area contributed by atoms with Crippen LogP contribution in [0.1, 0.15) is 13.8 Å². The number of methoxy groups -OCH3 is 1. The molecule has 0 aromatic carbocycles. The van der Waals surface area contributed by atoms with E-state index in [4.69, 9.17) is 23.1 Å². The first kappa shape index (κ1) is 18.6. The predicted molar refractivity (Wildman–Crippen MR) is 82.6 cm³/mol. The van der Waals surface area contributed by atoms with Crippen LogP contribution in [0, 0.1) is 0 Å². The first-order chi connectivity index (χ1) is 11.7. The molecule has 0 radical (unpaired) electrons. The summed E-state index contributed by atoms with van der Waals surface area (Å²) < 4.78 is 61.1. The number of fused-ring (bicyclic) bond motifs is 1. The minimum Gasteiger partial charge on any atom is -0.353 e. The van der Waals surface area contributed by atoms with Gasteiger partial charge in [-0.25, -0.2) is 8.75 Å². The second-order valence-electron chi connectivity index (χ2n) is 6.40. The van der Waals surface area contributed by atoms with Gasteiger partial charge in [0.1, 0.15) is 18.3 Å². The molecule has 5 atom stereocenters. The highest BCUT2D eigenvalue weighted by atomic mass is 32.3. The zero-order chi connectivity index (χ0) is 18.2. The fourth-order valence-corrected chi connectivity index (χ4v) is 3.67. The smallest absolute Gasteiger partial charge is 0.353 e. The summed E-state index contributed by atoms with van der Waals surface area (Å²) in [7, 11) is -3.23. The highest BCUT2D eigenvalue weighted by molar-refractivity contribution is 7.80. The van der Waals surface area contributed by atoms with Crippen LogP contribution in [0.15, 0.2) is 30.6 Å². The summed E-state index contributed by atoms with van der Waals surface area (Å²) in [6.07, 6.45) is -0.217. The molecule has 0 spiro atoms. The van der Waals surface area contributed by atoms with Crippen molar-refractivity contribution in [1.82, 2.24) is 0 Å². The molecule has 3 rings (SSSR count). The Hall–Kier alpha value is -1.14. The first-order valence-electron chi connectivity index (χ1n) is 7.82. The number of nitrogens with zero attached hydrogens (tertiary/aromatic N) is 1. The van der Waals surface area contributed by atoms with Gasteiger partial charge in [0.2, 0.25) is 0 Å². The summed E-state index contributed by atoms with van der Waals surface area (Å²) in [5.74, 6) is -0.864. The molecular weight excluding hydrogens is 354 g/mol. The van der Waals surface area contributed by atoms with Gasteiger partial charge < -0.3 is 18.9 Å². The molecule has 2 saturated heterocycles. The van der Waals surface area contributed by atoms with Crippen LogP contribution in [0.5, 0.6) is 0 Å². The molecular formula is C15H22NO8S+. The van der Waals surface area contributed by atoms with Gasteiger partial charge >= 0.3 is 10.4 Å². The van der Waals surface area contributed by atoms with Crippen LogP contribution >= 0.6 is 0 Å². The summed E-state index contributed by atoms with van der Waals surface area (Å²) in [5.41, 5.74) is 0. The Balaban J connectivity index is 1.87. The average Bonchev–Trinajstić information content (AvgIpc) is 2.99. The Kier molecular flexibility index (Phi) is 5.13. The van der Waals surface area contributed by atoms with Crippen LogP contribution < -0.4 is 4.57 Å². The molecule has 140 valence electrons. The first-order valence-corrected chi connectivity index (χ1v) is 9.19. The van der Waals surface area contributed by atoms with E-state index in [1.54, 1.807) is 42.9 Å². The van der Waals surface area contributed by atoms with Gasteiger partial charge in [0.05, 0.1) is 0 Å². The van der Waals surface area contributed by atoms with Gasteiger partial charge in [-0.15, -0.1) is 0 Å². The van der Waals surface area contributed by atoms with Gasteiger partial charge in [-0.2, -0.15) is 8.42 Å². The second kappa shape index (κ2) is 6.88. The summed E-state index contributed by atoms with van der Waals surface area (Å²) in [6, 6.07) is 5.41. The lowest BCUT2D eigenvalue weighted by Gasteiger charge is -2.26. The van der Waals surface area contributed by atoms with Gasteiger partial charge in [-0.05, 0) is 13.8 Å². The van der Waals surface area contributed by atoms with E-state index in [1.807, 2.05) is 6.07 Å². The van der Waals surface area contributed by atoms with Gasteiger partial charge in [0, 0.05) is 19.2 Å². The highest BCUT2D eigenvalue weighted by Crippen LogP contribution is 2.40. The van der Waals surface area contributed by atoms with Crippen LogP contribution in [-0.2, 0) is 40.1 Å². The van der Waals surface area contributed by atoms with Crippen LogP contribution in [0.2, 0.25) is 0 Å². The SMILES string of the molecule is CO[C@H]1O[C@H]([C@@H](C[n+]2ccccc2)OS(=O)(=O)O)[C@@H]2OC(C)(C)O[C@H]12. The minimum atomic E-state index is -4.69. The maximum atomic E-state index is 11.3. The maximum Gasteiger partial charge on any atom is 0.397 e. The topological polar surface area (TPSA) is 104 Å². The molecule has 0 unspecified atom stereocenters. The van der Waals surface area contributed by atoms with E-state index in [9.17, 15) is 13.0 Å². The van der Waals surface area contributed by atoms with Crippen molar-refractivity contribution in [3.8, 4) is 0 Å². The molecule has 9 nitrogen and oxygen atoms in total. The third kappa shape index (κ3) is 4.34. The largest absolute Gasteiger partial charge is 0.397 e. The molecule has 1 N–H and O–H groups in total. The average molecular weight is 376 g/mol. The van der Waals surface area contributed by atoms with Crippen molar-refractivity contribution in [3.05, 3.63) is 30.6 Å². The van der Waals surface area contributed by atoms with Crippen molar-refractivity contribution in [2.24, 2.45) is 0 Å². The third-order valence-corrected chi connectivity index (χ3v) is 4.55. The molecule has 2 fully saturated rings. The van der Waals surface area contributed by atoms with Crippen LogP contribution in [-0.4, -0.2) is 56.6 Å². The van der Waals surface area contributed by atoms with E-state index in [0.29, 0.717) is 0 Å². The molecule has 25 heavy (non-hydrogen) atoms. The zero-order valence-corrected chi connectivity index (χ0v) is 15.0. The third-order valence-electron chi connectivity index (χ3n) is 4.06. The number of hydrogen-bond acceptors (Lipinski definition) is 7. The Morgan fingerprint density at radius 2 is 1.84 bits per heavy atom. The minimum absolute atomic E-state index is 0.120. The van der Waals surface area contributed by atoms with Gasteiger partial charge in [-0.1, -0.05) is 6.07 Å². The summed E-state index contributed by atoms with van der Waals surface area (Å²) in [5, 5.41) is 0. The van der Waals surface area contributed by atoms with E-state index in [0.717, 1.165) is 0 Å².